The number of thiazole rings is 1. The number of esters is 2. The van der Waals surface area contributed by atoms with Gasteiger partial charge in [-0.2, -0.15) is 0 Å². The number of hydrogen-bond acceptors (Lipinski definition) is 7. The van der Waals surface area contributed by atoms with Crippen LogP contribution in [-0.4, -0.2) is 23.6 Å². The standard InChI is InChI=1S/C30H23ClN2O5S/c1-18-25(29(36)38-17-19-8-4-3-5-9-19)26(20-12-14-21(15-13-20)28(35)37-2)33-27(34)24(39-30(33)32-18)16-22-10-6-7-11-23(22)31/h3-16,26H,17H2,1-2H3. The van der Waals surface area contributed by atoms with Gasteiger partial charge in [0.25, 0.3) is 5.56 Å². The highest BCUT2D eigenvalue weighted by Crippen LogP contribution is 2.31. The molecule has 9 heteroatoms. The van der Waals surface area contributed by atoms with Crippen LogP contribution in [0.25, 0.3) is 6.08 Å². The largest absolute Gasteiger partial charge is 0.465 e. The summed E-state index contributed by atoms with van der Waals surface area (Å²) in [7, 11) is 1.31. The lowest BCUT2D eigenvalue weighted by Gasteiger charge is -2.25. The van der Waals surface area contributed by atoms with E-state index >= 15 is 0 Å². The van der Waals surface area contributed by atoms with Gasteiger partial charge in [-0.3, -0.25) is 9.36 Å². The highest BCUT2D eigenvalue weighted by Gasteiger charge is 2.33. The summed E-state index contributed by atoms with van der Waals surface area (Å²) in [4.78, 5) is 44.4. The molecule has 0 fully saturated rings. The Hall–Kier alpha value is -4.27. The Balaban J connectivity index is 1.63. The van der Waals surface area contributed by atoms with Crippen LogP contribution in [0, 0.1) is 0 Å². The van der Waals surface area contributed by atoms with Gasteiger partial charge in [-0.1, -0.05) is 83.6 Å². The molecular formula is C30H23ClN2O5S. The minimum atomic E-state index is -0.815. The van der Waals surface area contributed by atoms with E-state index in [1.165, 1.54) is 23.0 Å². The van der Waals surface area contributed by atoms with Gasteiger partial charge in [-0.25, -0.2) is 14.6 Å². The fourth-order valence-corrected chi connectivity index (χ4v) is 5.58. The average molecular weight is 559 g/mol. The van der Waals surface area contributed by atoms with Crippen molar-refractivity contribution in [2.75, 3.05) is 7.11 Å². The van der Waals surface area contributed by atoms with E-state index in [0.29, 0.717) is 36.7 Å². The van der Waals surface area contributed by atoms with Crippen LogP contribution in [-0.2, 0) is 20.9 Å². The highest BCUT2D eigenvalue weighted by molar-refractivity contribution is 7.07. The fraction of sp³-hybridized carbons (Fsp3) is 0.133. The van der Waals surface area contributed by atoms with Crippen LogP contribution < -0.4 is 14.9 Å². The van der Waals surface area contributed by atoms with Crippen molar-refractivity contribution < 1.29 is 19.1 Å². The first-order chi connectivity index (χ1) is 18.9. The van der Waals surface area contributed by atoms with Crippen molar-refractivity contribution in [3.63, 3.8) is 0 Å². The molecule has 0 radical (unpaired) electrons. The first-order valence-corrected chi connectivity index (χ1v) is 13.2. The number of rotatable bonds is 6. The van der Waals surface area contributed by atoms with Gasteiger partial charge < -0.3 is 9.47 Å². The number of halogens is 1. The van der Waals surface area contributed by atoms with Gasteiger partial charge in [0.1, 0.15) is 6.61 Å². The predicted octanol–water partition coefficient (Wildman–Crippen LogP) is 4.42. The first-order valence-electron chi connectivity index (χ1n) is 12.0. The van der Waals surface area contributed by atoms with Gasteiger partial charge in [0.2, 0.25) is 0 Å². The van der Waals surface area contributed by atoms with E-state index in [4.69, 9.17) is 21.1 Å². The number of fused-ring (bicyclic) bond motifs is 1. The van der Waals surface area contributed by atoms with Gasteiger partial charge in [0, 0.05) is 5.02 Å². The molecule has 0 N–H and O–H groups in total. The summed E-state index contributed by atoms with van der Waals surface area (Å²) >= 11 is 7.55. The van der Waals surface area contributed by atoms with E-state index in [2.05, 4.69) is 4.99 Å². The van der Waals surface area contributed by atoms with E-state index < -0.39 is 18.0 Å². The SMILES string of the molecule is COC(=O)c1ccc(C2C(C(=O)OCc3ccccc3)=C(C)N=c3sc(=Cc4ccccc4Cl)c(=O)n32)cc1. The van der Waals surface area contributed by atoms with Crippen LogP contribution in [0.5, 0.6) is 0 Å². The number of aromatic nitrogens is 1. The number of ether oxygens (including phenoxy) is 2. The second-order valence-electron chi connectivity index (χ2n) is 8.78. The third-order valence-corrected chi connectivity index (χ3v) is 7.62. The Morgan fingerprint density at radius 1 is 1.00 bits per heavy atom. The normalized spacial score (nSPS) is 14.9. The van der Waals surface area contributed by atoms with Crippen molar-refractivity contribution in [1.82, 2.24) is 4.57 Å². The zero-order chi connectivity index (χ0) is 27.5. The highest BCUT2D eigenvalue weighted by atomic mass is 35.5. The molecule has 2 heterocycles. The number of methoxy groups -OCH3 is 1. The molecule has 0 amide bonds. The van der Waals surface area contributed by atoms with Crippen molar-refractivity contribution in [1.29, 1.82) is 0 Å². The molecule has 1 aliphatic heterocycles. The molecule has 0 aliphatic carbocycles. The molecule has 0 bridgehead atoms. The lowest BCUT2D eigenvalue weighted by molar-refractivity contribution is -0.140. The molecule has 1 aliphatic rings. The summed E-state index contributed by atoms with van der Waals surface area (Å²) in [6.07, 6.45) is 1.72. The Labute approximate surface area is 232 Å². The zero-order valence-electron chi connectivity index (χ0n) is 21.1. The smallest absolute Gasteiger partial charge is 0.338 e. The van der Waals surface area contributed by atoms with Crippen molar-refractivity contribution in [3.8, 4) is 0 Å². The number of hydrogen-bond donors (Lipinski definition) is 0. The Bertz CT molecular complexity index is 1770. The lowest BCUT2D eigenvalue weighted by atomic mass is 9.95. The molecule has 7 nitrogen and oxygen atoms in total. The second-order valence-corrected chi connectivity index (χ2v) is 10.2. The summed E-state index contributed by atoms with van der Waals surface area (Å²) in [5.74, 6) is -1.07. The molecule has 0 saturated carbocycles. The molecule has 0 saturated heterocycles. The minimum Gasteiger partial charge on any atom is -0.465 e. The molecule has 5 rings (SSSR count). The molecule has 1 unspecified atom stereocenters. The summed E-state index contributed by atoms with van der Waals surface area (Å²) in [6.45, 7) is 1.79. The van der Waals surface area contributed by atoms with Gasteiger partial charge in [-0.05, 0) is 47.9 Å². The maximum Gasteiger partial charge on any atom is 0.338 e. The second kappa shape index (κ2) is 11.2. The number of nitrogens with zero attached hydrogens (tertiary/aromatic N) is 2. The summed E-state index contributed by atoms with van der Waals surface area (Å²) in [6, 6.07) is 22.3. The topological polar surface area (TPSA) is 87.0 Å². The number of allylic oxidation sites excluding steroid dienone is 1. The van der Waals surface area contributed by atoms with Crippen molar-refractivity contribution in [3.05, 3.63) is 137 Å². The molecule has 0 spiro atoms. The zero-order valence-corrected chi connectivity index (χ0v) is 22.7. The van der Waals surface area contributed by atoms with Crippen molar-refractivity contribution >= 4 is 41.0 Å². The first kappa shape index (κ1) is 26.3. The average Bonchev–Trinajstić information content (AvgIpc) is 3.26. The van der Waals surface area contributed by atoms with Crippen LogP contribution in [0.1, 0.15) is 40.0 Å². The lowest BCUT2D eigenvalue weighted by Crippen LogP contribution is -2.39. The Morgan fingerprint density at radius 3 is 2.38 bits per heavy atom. The third-order valence-electron chi connectivity index (χ3n) is 6.29. The quantitative estimate of drug-likeness (QED) is 0.327. The van der Waals surface area contributed by atoms with Crippen LogP contribution in [0.4, 0.5) is 0 Å². The molecule has 4 aromatic rings. The van der Waals surface area contributed by atoms with Crippen LogP contribution in [0.3, 0.4) is 0 Å². The summed E-state index contributed by atoms with van der Waals surface area (Å²) < 4.78 is 12.4. The third kappa shape index (κ3) is 5.34. The number of carbonyl (C=O) groups excluding carboxylic acids is 2. The molecule has 196 valence electrons. The van der Waals surface area contributed by atoms with E-state index in [1.807, 2.05) is 48.5 Å². The van der Waals surface area contributed by atoms with E-state index in [1.54, 1.807) is 43.3 Å². The molecule has 1 atom stereocenters. The maximum absolute atomic E-state index is 13.8. The van der Waals surface area contributed by atoms with Crippen molar-refractivity contribution in [2.45, 2.75) is 19.6 Å². The van der Waals surface area contributed by atoms with E-state index in [-0.39, 0.29) is 17.7 Å². The van der Waals surface area contributed by atoms with Crippen molar-refractivity contribution in [2.24, 2.45) is 4.99 Å². The fourth-order valence-electron chi connectivity index (χ4n) is 4.35. The van der Waals surface area contributed by atoms with Gasteiger partial charge >= 0.3 is 11.9 Å². The van der Waals surface area contributed by atoms with Gasteiger partial charge in [0.15, 0.2) is 4.80 Å². The molecule has 1 aromatic heterocycles. The number of benzene rings is 3. The van der Waals surface area contributed by atoms with Crippen LogP contribution in [0.2, 0.25) is 5.02 Å². The van der Waals surface area contributed by atoms with E-state index in [0.717, 1.165) is 5.56 Å². The van der Waals surface area contributed by atoms with Crippen LogP contribution in [0.15, 0.2) is 99.9 Å². The van der Waals surface area contributed by atoms with E-state index in [9.17, 15) is 14.4 Å². The van der Waals surface area contributed by atoms with Gasteiger partial charge in [-0.15, -0.1) is 0 Å². The van der Waals surface area contributed by atoms with Gasteiger partial charge in [0.05, 0.1) is 34.5 Å². The summed E-state index contributed by atoms with van der Waals surface area (Å²) in [5, 5.41) is 0.514. The Kier molecular flexibility index (Phi) is 7.58. The molecular weight excluding hydrogens is 536 g/mol. The summed E-state index contributed by atoms with van der Waals surface area (Å²) in [5.41, 5.74) is 2.87. The van der Waals surface area contributed by atoms with Crippen LogP contribution >= 0.6 is 22.9 Å². The monoisotopic (exact) mass is 558 g/mol. The predicted molar refractivity (Wildman–Crippen MR) is 149 cm³/mol. The number of carbonyl (C=O) groups is 2. The molecule has 3 aromatic carbocycles. The molecule has 39 heavy (non-hydrogen) atoms. The maximum atomic E-state index is 13.8. The minimum absolute atomic E-state index is 0.0708. The Morgan fingerprint density at radius 2 is 1.69 bits per heavy atom.